The highest BCUT2D eigenvalue weighted by molar-refractivity contribution is 4.74. The number of nitrogens with zero attached hydrogens (tertiary/aromatic N) is 2. The number of unbranched alkanes of at least 4 members (excludes halogenated alkanes) is 1. The van der Waals surface area contributed by atoms with Crippen molar-refractivity contribution >= 4 is 0 Å². The number of rotatable bonds is 6. The molecular weight excluding hydrogens is 176 g/mol. The van der Waals surface area contributed by atoms with E-state index in [1.165, 1.54) is 38.9 Å². The highest BCUT2D eigenvalue weighted by Gasteiger charge is 2.20. The highest BCUT2D eigenvalue weighted by atomic mass is 16.3. The number of aliphatic hydroxyl groups is 1. The zero-order chi connectivity index (χ0) is 10.4. The van der Waals surface area contributed by atoms with Crippen LogP contribution >= 0.6 is 0 Å². The molecule has 84 valence electrons. The van der Waals surface area contributed by atoms with E-state index >= 15 is 0 Å². The molecule has 0 saturated carbocycles. The Morgan fingerprint density at radius 2 is 2.14 bits per heavy atom. The first-order valence-electron chi connectivity index (χ1n) is 5.70. The third kappa shape index (κ3) is 4.40. The van der Waals surface area contributed by atoms with Crippen molar-refractivity contribution in [3.05, 3.63) is 0 Å². The van der Waals surface area contributed by atoms with Crippen LogP contribution in [0.4, 0.5) is 0 Å². The van der Waals surface area contributed by atoms with Crippen molar-refractivity contribution in [3.8, 4) is 0 Å². The van der Waals surface area contributed by atoms with E-state index in [0.29, 0.717) is 12.5 Å². The molecule has 0 bridgehead atoms. The van der Waals surface area contributed by atoms with Gasteiger partial charge in [-0.05, 0) is 58.9 Å². The molecule has 1 unspecified atom stereocenters. The Morgan fingerprint density at radius 3 is 2.71 bits per heavy atom. The molecular formula is C11H24N2O. The second-order valence-corrected chi connectivity index (χ2v) is 4.65. The first-order chi connectivity index (χ1) is 6.72. The molecule has 3 nitrogen and oxygen atoms in total. The fraction of sp³-hybridized carbons (Fsp3) is 1.00. The lowest BCUT2D eigenvalue weighted by atomic mass is 10.1. The van der Waals surface area contributed by atoms with E-state index in [0.717, 1.165) is 6.54 Å². The molecule has 0 aromatic rings. The maximum absolute atomic E-state index is 8.99. The molecule has 1 aliphatic rings. The molecule has 1 fully saturated rings. The number of aliphatic hydroxyl groups excluding tert-OH is 1. The van der Waals surface area contributed by atoms with E-state index in [2.05, 4.69) is 23.9 Å². The Bertz CT molecular complexity index is 150. The lowest BCUT2D eigenvalue weighted by Crippen LogP contribution is -2.23. The zero-order valence-corrected chi connectivity index (χ0v) is 9.58. The molecule has 1 rings (SSSR count). The largest absolute Gasteiger partial charge is 0.396 e. The van der Waals surface area contributed by atoms with Crippen LogP contribution in [-0.4, -0.2) is 61.8 Å². The van der Waals surface area contributed by atoms with Gasteiger partial charge in [0.25, 0.3) is 0 Å². The van der Waals surface area contributed by atoms with E-state index < -0.39 is 0 Å². The summed E-state index contributed by atoms with van der Waals surface area (Å²) in [7, 11) is 4.25. The fourth-order valence-electron chi connectivity index (χ4n) is 2.03. The van der Waals surface area contributed by atoms with E-state index in [-0.39, 0.29) is 0 Å². The van der Waals surface area contributed by atoms with Gasteiger partial charge in [0, 0.05) is 13.2 Å². The second kappa shape index (κ2) is 6.38. The zero-order valence-electron chi connectivity index (χ0n) is 9.58. The average molecular weight is 200 g/mol. The van der Waals surface area contributed by atoms with Crippen LogP contribution < -0.4 is 0 Å². The summed E-state index contributed by atoms with van der Waals surface area (Å²) >= 11 is 0. The smallest absolute Gasteiger partial charge is 0.0471 e. The second-order valence-electron chi connectivity index (χ2n) is 4.65. The minimum absolute atomic E-state index is 0.369. The normalized spacial score (nSPS) is 23.6. The molecule has 0 aromatic carbocycles. The van der Waals surface area contributed by atoms with Gasteiger partial charge in [0.15, 0.2) is 0 Å². The maximum Gasteiger partial charge on any atom is 0.0471 e. The predicted octanol–water partition coefficient (Wildman–Crippen LogP) is 0.642. The van der Waals surface area contributed by atoms with Crippen LogP contribution in [0.5, 0.6) is 0 Å². The van der Waals surface area contributed by atoms with Crippen LogP contribution in [0.3, 0.4) is 0 Å². The van der Waals surface area contributed by atoms with Crippen LogP contribution in [0.25, 0.3) is 0 Å². The van der Waals surface area contributed by atoms with Gasteiger partial charge in [-0.2, -0.15) is 0 Å². The molecule has 0 amide bonds. The van der Waals surface area contributed by atoms with Gasteiger partial charge < -0.3 is 14.9 Å². The Hall–Kier alpha value is -0.120. The van der Waals surface area contributed by atoms with Crippen molar-refractivity contribution in [2.75, 3.05) is 46.9 Å². The van der Waals surface area contributed by atoms with Crippen molar-refractivity contribution < 1.29 is 5.11 Å². The Morgan fingerprint density at radius 1 is 1.36 bits per heavy atom. The molecule has 0 spiro atoms. The summed E-state index contributed by atoms with van der Waals surface area (Å²) in [6, 6.07) is 0. The van der Waals surface area contributed by atoms with Gasteiger partial charge in [0.05, 0.1) is 0 Å². The van der Waals surface area contributed by atoms with Gasteiger partial charge in [-0.3, -0.25) is 0 Å². The Labute approximate surface area is 87.7 Å². The fourth-order valence-corrected chi connectivity index (χ4v) is 2.03. The topological polar surface area (TPSA) is 26.7 Å². The first kappa shape index (κ1) is 12.0. The van der Waals surface area contributed by atoms with Crippen molar-refractivity contribution in [2.24, 2.45) is 5.92 Å². The van der Waals surface area contributed by atoms with Gasteiger partial charge in [-0.15, -0.1) is 0 Å². The summed E-state index contributed by atoms with van der Waals surface area (Å²) in [6.45, 7) is 5.07. The van der Waals surface area contributed by atoms with Gasteiger partial charge >= 0.3 is 0 Å². The minimum atomic E-state index is 0.369. The third-order valence-electron chi connectivity index (χ3n) is 2.96. The lowest BCUT2D eigenvalue weighted by Gasteiger charge is -2.16. The standard InChI is InChI=1S/C11H24N2O/c1-12(2)6-3-4-7-13-8-5-11(9-13)10-14/h11,14H,3-10H2,1-2H3. The third-order valence-corrected chi connectivity index (χ3v) is 2.96. The van der Waals surface area contributed by atoms with E-state index in [9.17, 15) is 0 Å². The van der Waals surface area contributed by atoms with Crippen molar-refractivity contribution in [3.63, 3.8) is 0 Å². The average Bonchev–Trinajstić information content (AvgIpc) is 2.60. The van der Waals surface area contributed by atoms with Crippen LogP contribution in [0.15, 0.2) is 0 Å². The first-order valence-corrected chi connectivity index (χ1v) is 5.70. The predicted molar refractivity (Wildman–Crippen MR) is 59.4 cm³/mol. The van der Waals surface area contributed by atoms with Crippen LogP contribution in [0, 0.1) is 5.92 Å². The number of hydrogen-bond acceptors (Lipinski definition) is 3. The van der Waals surface area contributed by atoms with Gasteiger partial charge in [-0.25, -0.2) is 0 Å². The van der Waals surface area contributed by atoms with Crippen LogP contribution in [0.1, 0.15) is 19.3 Å². The molecule has 1 saturated heterocycles. The summed E-state index contributed by atoms with van der Waals surface area (Å²) in [4.78, 5) is 4.72. The quantitative estimate of drug-likeness (QED) is 0.638. The Kier molecular flexibility index (Phi) is 5.45. The molecule has 1 atom stereocenters. The molecule has 1 heterocycles. The van der Waals surface area contributed by atoms with Gasteiger partial charge in [0.1, 0.15) is 0 Å². The molecule has 1 aliphatic heterocycles. The van der Waals surface area contributed by atoms with E-state index in [4.69, 9.17) is 5.11 Å². The monoisotopic (exact) mass is 200 g/mol. The molecule has 0 aromatic heterocycles. The van der Waals surface area contributed by atoms with E-state index in [1.54, 1.807) is 0 Å². The summed E-state index contributed by atoms with van der Waals surface area (Å²) < 4.78 is 0. The lowest BCUT2D eigenvalue weighted by molar-refractivity contribution is 0.220. The van der Waals surface area contributed by atoms with Crippen LogP contribution in [0.2, 0.25) is 0 Å². The van der Waals surface area contributed by atoms with Crippen molar-refractivity contribution in [1.29, 1.82) is 0 Å². The van der Waals surface area contributed by atoms with E-state index in [1.807, 2.05) is 0 Å². The summed E-state index contributed by atoms with van der Waals surface area (Å²) in [5, 5.41) is 8.99. The van der Waals surface area contributed by atoms with Crippen LogP contribution in [-0.2, 0) is 0 Å². The minimum Gasteiger partial charge on any atom is -0.396 e. The number of likely N-dealkylation sites (tertiary alicyclic amines) is 1. The van der Waals surface area contributed by atoms with Crippen molar-refractivity contribution in [1.82, 2.24) is 9.80 Å². The molecule has 0 aliphatic carbocycles. The Balaban J connectivity index is 1.97. The molecule has 1 N–H and O–H groups in total. The molecule has 14 heavy (non-hydrogen) atoms. The summed E-state index contributed by atoms with van der Waals surface area (Å²) in [5.41, 5.74) is 0. The molecule has 0 radical (unpaired) electrons. The maximum atomic E-state index is 8.99. The van der Waals surface area contributed by atoms with Crippen molar-refractivity contribution in [2.45, 2.75) is 19.3 Å². The highest BCUT2D eigenvalue weighted by Crippen LogP contribution is 2.15. The summed E-state index contributed by atoms with van der Waals surface area (Å²) in [6.07, 6.45) is 3.76. The SMILES string of the molecule is CN(C)CCCCN1CCC(CO)C1. The van der Waals surface area contributed by atoms with Gasteiger partial charge in [0.2, 0.25) is 0 Å². The molecule has 3 heteroatoms. The van der Waals surface area contributed by atoms with Gasteiger partial charge in [-0.1, -0.05) is 0 Å². The number of hydrogen-bond donors (Lipinski definition) is 1. The summed E-state index contributed by atoms with van der Waals surface area (Å²) in [5.74, 6) is 0.545.